The van der Waals surface area contributed by atoms with Crippen molar-refractivity contribution in [3.8, 4) is 0 Å². The van der Waals surface area contributed by atoms with Crippen LogP contribution in [0.25, 0.3) is 0 Å². The van der Waals surface area contributed by atoms with Crippen molar-refractivity contribution in [3.05, 3.63) is 24.0 Å². The lowest BCUT2D eigenvalue weighted by Crippen LogP contribution is -2.48. The number of nitrogens with two attached hydrogens (primary N) is 1. The third kappa shape index (κ3) is 3.45. The quantitative estimate of drug-likeness (QED) is 0.902. The van der Waals surface area contributed by atoms with Crippen LogP contribution in [0.2, 0.25) is 0 Å². The summed E-state index contributed by atoms with van der Waals surface area (Å²) in [6, 6.07) is 4.93. The molecule has 1 aliphatic rings. The SMILES string of the molecule is CC[C@@H](N)c1ccc(N2CCN(C(C)C)CC2)cn1. The van der Waals surface area contributed by atoms with Gasteiger partial charge in [0.15, 0.2) is 0 Å². The lowest BCUT2D eigenvalue weighted by Gasteiger charge is -2.38. The third-order valence-corrected chi connectivity index (χ3v) is 4.00. The van der Waals surface area contributed by atoms with E-state index in [1.54, 1.807) is 0 Å². The summed E-state index contributed by atoms with van der Waals surface area (Å²) < 4.78 is 0. The number of rotatable bonds is 4. The molecule has 0 spiro atoms. The molecule has 0 saturated carbocycles. The molecule has 19 heavy (non-hydrogen) atoms. The molecule has 0 unspecified atom stereocenters. The molecule has 4 nitrogen and oxygen atoms in total. The van der Waals surface area contributed by atoms with Crippen LogP contribution in [0.4, 0.5) is 5.69 Å². The van der Waals surface area contributed by atoms with Crippen LogP contribution in [0.1, 0.15) is 38.9 Å². The molecule has 4 heteroatoms. The molecule has 0 aromatic carbocycles. The first kappa shape index (κ1) is 14.3. The predicted molar refractivity (Wildman–Crippen MR) is 80.4 cm³/mol. The van der Waals surface area contributed by atoms with Crippen LogP contribution in [0.3, 0.4) is 0 Å². The highest BCUT2D eigenvalue weighted by Gasteiger charge is 2.19. The molecule has 2 heterocycles. The average molecular weight is 262 g/mol. The lowest BCUT2D eigenvalue weighted by atomic mass is 10.1. The molecule has 106 valence electrons. The Hall–Kier alpha value is -1.13. The van der Waals surface area contributed by atoms with Crippen molar-refractivity contribution in [1.29, 1.82) is 0 Å². The molecule has 1 aromatic rings. The van der Waals surface area contributed by atoms with Crippen LogP contribution in [0.15, 0.2) is 18.3 Å². The molecule has 1 saturated heterocycles. The highest BCUT2D eigenvalue weighted by molar-refractivity contribution is 5.45. The minimum atomic E-state index is 0.0619. The fourth-order valence-electron chi connectivity index (χ4n) is 2.51. The zero-order chi connectivity index (χ0) is 13.8. The molecular weight excluding hydrogens is 236 g/mol. The molecule has 0 bridgehead atoms. The molecule has 1 aliphatic heterocycles. The van der Waals surface area contributed by atoms with Gasteiger partial charge in [0.2, 0.25) is 0 Å². The van der Waals surface area contributed by atoms with E-state index >= 15 is 0 Å². The van der Waals surface area contributed by atoms with Gasteiger partial charge in [-0.2, -0.15) is 0 Å². The maximum absolute atomic E-state index is 5.99. The van der Waals surface area contributed by atoms with Crippen LogP contribution >= 0.6 is 0 Å². The van der Waals surface area contributed by atoms with Crippen LogP contribution in [-0.4, -0.2) is 42.1 Å². The van der Waals surface area contributed by atoms with Crippen LogP contribution < -0.4 is 10.6 Å². The van der Waals surface area contributed by atoms with Crippen LogP contribution in [0, 0.1) is 0 Å². The van der Waals surface area contributed by atoms with Crippen molar-refractivity contribution in [3.63, 3.8) is 0 Å². The van der Waals surface area contributed by atoms with Crippen molar-refractivity contribution in [2.75, 3.05) is 31.1 Å². The lowest BCUT2D eigenvalue weighted by molar-refractivity contribution is 0.209. The van der Waals surface area contributed by atoms with E-state index < -0.39 is 0 Å². The molecule has 2 N–H and O–H groups in total. The summed E-state index contributed by atoms with van der Waals surface area (Å²) in [6.45, 7) is 11.0. The second-order valence-corrected chi connectivity index (χ2v) is 5.57. The van der Waals surface area contributed by atoms with Crippen molar-refractivity contribution in [2.45, 2.75) is 39.3 Å². The van der Waals surface area contributed by atoms with Gasteiger partial charge in [-0.15, -0.1) is 0 Å². The summed E-state index contributed by atoms with van der Waals surface area (Å²) in [5.74, 6) is 0. The number of nitrogens with zero attached hydrogens (tertiary/aromatic N) is 3. The van der Waals surface area contributed by atoms with Gasteiger partial charge in [0.05, 0.1) is 17.6 Å². The maximum atomic E-state index is 5.99. The zero-order valence-corrected chi connectivity index (χ0v) is 12.3. The van der Waals surface area contributed by atoms with Crippen LogP contribution in [0.5, 0.6) is 0 Å². The topological polar surface area (TPSA) is 45.4 Å². The summed E-state index contributed by atoms with van der Waals surface area (Å²) in [7, 11) is 0. The van der Waals surface area contributed by atoms with E-state index in [2.05, 4.69) is 47.7 Å². The van der Waals surface area contributed by atoms with Crippen molar-refractivity contribution in [2.24, 2.45) is 5.73 Å². The minimum Gasteiger partial charge on any atom is -0.368 e. The Labute approximate surface area is 116 Å². The predicted octanol–water partition coefficient (Wildman–Crippen LogP) is 2.02. The van der Waals surface area contributed by atoms with Crippen molar-refractivity contribution in [1.82, 2.24) is 9.88 Å². The molecule has 0 amide bonds. The fourth-order valence-corrected chi connectivity index (χ4v) is 2.51. The van der Waals surface area contributed by atoms with Crippen LogP contribution in [-0.2, 0) is 0 Å². The number of aromatic nitrogens is 1. The fraction of sp³-hybridized carbons (Fsp3) is 0.667. The van der Waals surface area contributed by atoms with E-state index in [9.17, 15) is 0 Å². The first-order chi connectivity index (χ1) is 9.11. The Morgan fingerprint density at radius 1 is 1.21 bits per heavy atom. The number of anilines is 1. The minimum absolute atomic E-state index is 0.0619. The Bertz CT molecular complexity index is 380. The Morgan fingerprint density at radius 3 is 2.37 bits per heavy atom. The van der Waals surface area contributed by atoms with Gasteiger partial charge in [-0.05, 0) is 32.4 Å². The molecule has 0 aliphatic carbocycles. The second-order valence-electron chi connectivity index (χ2n) is 5.57. The van der Waals surface area contributed by atoms with Gasteiger partial charge >= 0.3 is 0 Å². The largest absolute Gasteiger partial charge is 0.368 e. The summed E-state index contributed by atoms with van der Waals surface area (Å²) >= 11 is 0. The first-order valence-electron chi connectivity index (χ1n) is 7.32. The van der Waals surface area contributed by atoms with E-state index in [1.807, 2.05) is 6.20 Å². The summed E-state index contributed by atoms with van der Waals surface area (Å²) in [5.41, 5.74) is 8.20. The van der Waals surface area contributed by atoms with E-state index in [-0.39, 0.29) is 6.04 Å². The average Bonchev–Trinajstić information content (AvgIpc) is 2.46. The Morgan fingerprint density at radius 2 is 1.89 bits per heavy atom. The summed E-state index contributed by atoms with van der Waals surface area (Å²) in [6.07, 6.45) is 2.90. The molecule has 1 atom stereocenters. The van der Waals surface area contributed by atoms with E-state index in [0.29, 0.717) is 6.04 Å². The molecule has 1 fully saturated rings. The molecule has 1 aromatic heterocycles. The number of hydrogen-bond donors (Lipinski definition) is 1. The van der Waals surface area contributed by atoms with E-state index in [4.69, 9.17) is 5.73 Å². The van der Waals surface area contributed by atoms with E-state index in [0.717, 1.165) is 38.3 Å². The monoisotopic (exact) mass is 262 g/mol. The van der Waals surface area contributed by atoms with E-state index in [1.165, 1.54) is 5.69 Å². The summed E-state index contributed by atoms with van der Waals surface area (Å²) in [5, 5.41) is 0. The molecular formula is C15H26N4. The normalized spacial score (nSPS) is 18.9. The molecule has 2 rings (SSSR count). The Kier molecular flexibility index (Phi) is 4.77. The first-order valence-corrected chi connectivity index (χ1v) is 7.32. The number of hydrogen-bond acceptors (Lipinski definition) is 4. The zero-order valence-electron chi connectivity index (χ0n) is 12.3. The third-order valence-electron chi connectivity index (χ3n) is 4.00. The van der Waals surface area contributed by atoms with Gasteiger partial charge in [-0.25, -0.2) is 0 Å². The van der Waals surface area contributed by atoms with Gasteiger partial charge in [0.1, 0.15) is 0 Å². The van der Waals surface area contributed by atoms with Gasteiger partial charge in [-0.1, -0.05) is 6.92 Å². The molecule has 0 radical (unpaired) electrons. The van der Waals surface area contributed by atoms with Gasteiger partial charge in [0.25, 0.3) is 0 Å². The number of piperazine rings is 1. The van der Waals surface area contributed by atoms with Crippen molar-refractivity contribution < 1.29 is 0 Å². The number of pyridine rings is 1. The Balaban J connectivity index is 1.96. The second kappa shape index (κ2) is 6.35. The maximum Gasteiger partial charge on any atom is 0.0572 e. The standard InChI is InChI=1S/C15H26N4/c1-4-14(16)15-6-5-13(11-17-15)19-9-7-18(8-10-19)12(2)3/h5-6,11-12,14H,4,7-10,16H2,1-3H3/t14-/m1/s1. The highest BCUT2D eigenvalue weighted by Crippen LogP contribution is 2.19. The summed E-state index contributed by atoms with van der Waals surface area (Å²) in [4.78, 5) is 9.43. The van der Waals surface area contributed by atoms with Crippen molar-refractivity contribution >= 4 is 5.69 Å². The highest BCUT2D eigenvalue weighted by atomic mass is 15.3. The van der Waals surface area contributed by atoms with Gasteiger partial charge < -0.3 is 10.6 Å². The smallest absolute Gasteiger partial charge is 0.0572 e. The van der Waals surface area contributed by atoms with Gasteiger partial charge in [-0.3, -0.25) is 9.88 Å². The van der Waals surface area contributed by atoms with Gasteiger partial charge in [0, 0.05) is 38.3 Å².